The predicted octanol–water partition coefficient (Wildman–Crippen LogP) is 2.26. The van der Waals surface area contributed by atoms with Gasteiger partial charge in [-0.05, 0) is 36.5 Å². The van der Waals surface area contributed by atoms with Crippen molar-refractivity contribution >= 4 is 5.96 Å². The zero-order valence-corrected chi connectivity index (χ0v) is 13.6. The van der Waals surface area contributed by atoms with Gasteiger partial charge in [0.1, 0.15) is 5.75 Å². The Labute approximate surface area is 133 Å². The van der Waals surface area contributed by atoms with Crippen molar-refractivity contribution in [2.24, 2.45) is 16.6 Å². The number of guanidine groups is 1. The van der Waals surface area contributed by atoms with E-state index in [4.69, 9.17) is 15.2 Å². The summed E-state index contributed by atoms with van der Waals surface area (Å²) in [5.41, 5.74) is 7.17. The first-order valence-corrected chi connectivity index (χ1v) is 7.94. The van der Waals surface area contributed by atoms with Gasteiger partial charge >= 0.3 is 0 Å². The van der Waals surface area contributed by atoms with E-state index in [-0.39, 0.29) is 0 Å². The molecule has 0 aliphatic carbocycles. The first kappa shape index (κ1) is 16.6. The second kappa shape index (κ2) is 8.63. The first-order valence-electron chi connectivity index (χ1n) is 7.94. The van der Waals surface area contributed by atoms with Crippen LogP contribution in [0.2, 0.25) is 0 Å². The molecule has 2 N–H and O–H groups in total. The molecule has 1 aliphatic heterocycles. The molecule has 0 bridgehead atoms. The average Bonchev–Trinajstić information content (AvgIpc) is 2.55. The number of nitrogens with two attached hydrogens (primary N) is 1. The van der Waals surface area contributed by atoms with E-state index in [1.807, 2.05) is 24.3 Å². The van der Waals surface area contributed by atoms with Crippen molar-refractivity contribution < 1.29 is 9.47 Å². The summed E-state index contributed by atoms with van der Waals surface area (Å²) in [5, 5.41) is 0. The minimum atomic E-state index is 0.579. The van der Waals surface area contributed by atoms with Crippen molar-refractivity contribution in [2.45, 2.75) is 26.4 Å². The van der Waals surface area contributed by atoms with Crippen molar-refractivity contribution in [1.82, 2.24) is 4.90 Å². The summed E-state index contributed by atoms with van der Waals surface area (Å²) in [6, 6.07) is 7.88. The molecule has 5 nitrogen and oxygen atoms in total. The lowest BCUT2D eigenvalue weighted by Crippen LogP contribution is -2.43. The highest BCUT2D eigenvalue weighted by Crippen LogP contribution is 2.15. The summed E-state index contributed by atoms with van der Waals surface area (Å²) in [7, 11) is 1.66. The molecule has 0 aromatic heterocycles. The Bertz CT molecular complexity index is 473. The van der Waals surface area contributed by atoms with Crippen molar-refractivity contribution in [3.63, 3.8) is 0 Å². The lowest BCUT2D eigenvalue weighted by molar-refractivity contribution is 0.128. The fraction of sp³-hybridized carbons (Fsp3) is 0.588. The monoisotopic (exact) mass is 305 g/mol. The van der Waals surface area contributed by atoms with Crippen LogP contribution in [-0.2, 0) is 11.3 Å². The van der Waals surface area contributed by atoms with E-state index in [0.29, 0.717) is 31.6 Å². The van der Waals surface area contributed by atoms with Crippen LogP contribution in [0.25, 0.3) is 0 Å². The Hall–Kier alpha value is -1.75. The van der Waals surface area contributed by atoms with Gasteiger partial charge in [0.25, 0.3) is 0 Å². The highest BCUT2D eigenvalue weighted by molar-refractivity contribution is 5.78. The second-order valence-electron chi connectivity index (χ2n) is 5.83. The van der Waals surface area contributed by atoms with Gasteiger partial charge in [0.05, 0.1) is 26.9 Å². The van der Waals surface area contributed by atoms with Crippen LogP contribution in [0.3, 0.4) is 0 Å². The van der Waals surface area contributed by atoms with Crippen LogP contribution < -0.4 is 10.5 Å². The normalized spacial score (nSPS) is 19.3. The van der Waals surface area contributed by atoms with Crippen LogP contribution in [0, 0.1) is 5.92 Å². The van der Waals surface area contributed by atoms with Gasteiger partial charge in [-0.25, -0.2) is 0 Å². The van der Waals surface area contributed by atoms with Crippen molar-refractivity contribution in [3.8, 4) is 5.75 Å². The Kier molecular flexibility index (Phi) is 6.52. The molecule has 0 radical (unpaired) electrons. The fourth-order valence-corrected chi connectivity index (χ4v) is 2.63. The number of rotatable bonds is 6. The van der Waals surface area contributed by atoms with E-state index < -0.39 is 0 Å². The van der Waals surface area contributed by atoms with Gasteiger partial charge in [-0.2, -0.15) is 0 Å². The Morgan fingerprint density at radius 1 is 1.36 bits per heavy atom. The molecule has 1 aromatic rings. The summed E-state index contributed by atoms with van der Waals surface area (Å²) < 4.78 is 10.8. The zero-order valence-electron chi connectivity index (χ0n) is 13.6. The lowest BCUT2D eigenvalue weighted by Gasteiger charge is -2.31. The molecule has 1 aliphatic rings. The van der Waals surface area contributed by atoms with Gasteiger partial charge in [-0.1, -0.05) is 19.1 Å². The first-order chi connectivity index (χ1) is 10.7. The molecule has 0 spiro atoms. The van der Waals surface area contributed by atoms with Crippen molar-refractivity contribution in [3.05, 3.63) is 29.8 Å². The topological polar surface area (TPSA) is 60.1 Å². The van der Waals surface area contributed by atoms with Crippen LogP contribution in [0.1, 0.15) is 25.3 Å². The Balaban J connectivity index is 1.66. The second-order valence-corrected chi connectivity index (χ2v) is 5.83. The van der Waals surface area contributed by atoms with E-state index in [2.05, 4.69) is 16.8 Å². The number of methoxy groups -OCH3 is 1. The summed E-state index contributed by atoms with van der Waals surface area (Å²) in [4.78, 5) is 6.59. The van der Waals surface area contributed by atoms with Gasteiger partial charge in [0, 0.05) is 13.1 Å². The van der Waals surface area contributed by atoms with E-state index in [0.717, 1.165) is 24.4 Å². The van der Waals surface area contributed by atoms with E-state index >= 15 is 0 Å². The standard InChI is InChI=1S/C17H27N3O2/c1-14-4-3-10-20(12-14)17(18)19-9-11-22-13-15-5-7-16(21-2)8-6-15/h5-8,14H,3-4,9-13H2,1-2H3,(H2,18,19). The molecular weight excluding hydrogens is 278 g/mol. The Morgan fingerprint density at radius 3 is 2.82 bits per heavy atom. The maximum atomic E-state index is 6.04. The third kappa shape index (κ3) is 5.22. The molecule has 1 unspecified atom stereocenters. The van der Waals surface area contributed by atoms with Gasteiger partial charge < -0.3 is 20.1 Å². The Morgan fingerprint density at radius 2 is 2.14 bits per heavy atom. The molecule has 1 aromatic carbocycles. The molecule has 1 atom stereocenters. The molecule has 22 heavy (non-hydrogen) atoms. The molecule has 1 fully saturated rings. The van der Waals surface area contributed by atoms with Crippen LogP contribution in [0.4, 0.5) is 0 Å². The van der Waals surface area contributed by atoms with E-state index in [1.165, 1.54) is 12.8 Å². The minimum absolute atomic E-state index is 0.579. The number of hydrogen-bond acceptors (Lipinski definition) is 3. The van der Waals surface area contributed by atoms with Crippen LogP contribution in [0.5, 0.6) is 5.75 Å². The largest absolute Gasteiger partial charge is 0.497 e. The van der Waals surface area contributed by atoms with E-state index in [9.17, 15) is 0 Å². The quantitative estimate of drug-likeness (QED) is 0.497. The molecule has 0 amide bonds. The van der Waals surface area contributed by atoms with Gasteiger partial charge in [-0.3, -0.25) is 4.99 Å². The average molecular weight is 305 g/mol. The maximum Gasteiger partial charge on any atom is 0.191 e. The molecule has 5 heteroatoms. The number of nitrogens with zero attached hydrogens (tertiary/aromatic N) is 2. The van der Waals surface area contributed by atoms with Gasteiger partial charge in [0.2, 0.25) is 0 Å². The molecule has 122 valence electrons. The van der Waals surface area contributed by atoms with Crippen LogP contribution in [0.15, 0.2) is 29.3 Å². The third-order valence-electron chi connectivity index (χ3n) is 3.92. The number of hydrogen-bond donors (Lipinski definition) is 1. The van der Waals surface area contributed by atoms with Crippen molar-refractivity contribution in [2.75, 3.05) is 33.4 Å². The molecule has 0 saturated carbocycles. The molecule has 2 rings (SSSR count). The number of ether oxygens (including phenoxy) is 2. The highest BCUT2D eigenvalue weighted by Gasteiger charge is 2.17. The summed E-state index contributed by atoms with van der Waals surface area (Å²) >= 11 is 0. The maximum absolute atomic E-state index is 6.04. The minimum Gasteiger partial charge on any atom is -0.497 e. The van der Waals surface area contributed by atoms with Gasteiger partial charge in [-0.15, -0.1) is 0 Å². The number of likely N-dealkylation sites (tertiary alicyclic amines) is 1. The summed E-state index contributed by atoms with van der Waals surface area (Å²) in [6.07, 6.45) is 2.49. The zero-order chi connectivity index (χ0) is 15.8. The molecule has 1 heterocycles. The third-order valence-corrected chi connectivity index (χ3v) is 3.92. The van der Waals surface area contributed by atoms with Crippen molar-refractivity contribution in [1.29, 1.82) is 0 Å². The molecular formula is C17H27N3O2. The fourth-order valence-electron chi connectivity index (χ4n) is 2.63. The molecule has 1 saturated heterocycles. The lowest BCUT2D eigenvalue weighted by atomic mass is 10.0. The van der Waals surface area contributed by atoms with Crippen LogP contribution >= 0.6 is 0 Å². The smallest absolute Gasteiger partial charge is 0.191 e. The van der Waals surface area contributed by atoms with E-state index in [1.54, 1.807) is 7.11 Å². The summed E-state index contributed by atoms with van der Waals surface area (Å²) in [5.74, 6) is 2.21. The highest BCUT2D eigenvalue weighted by atomic mass is 16.5. The van der Waals surface area contributed by atoms with Crippen LogP contribution in [-0.4, -0.2) is 44.2 Å². The SMILES string of the molecule is COc1ccc(COCCN=C(N)N2CCCC(C)C2)cc1. The number of aliphatic imine (C=N–C) groups is 1. The number of piperidine rings is 1. The predicted molar refractivity (Wildman–Crippen MR) is 89.1 cm³/mol. The number of benzene rings is 1. The summed E-state index contributed by atoms with van der Waals surface area (Å²) in [6.45, 7) is 6.06. The van der Waals surface area contributed by atoms with Gasteiger partial charge in [0.15, 0.2) is 5.96 Å².